The fourth-order valence-electron chi connectivity index (χ4n) is 1.76. The lowest BCUT2D eigenvalue weighted by atomic mass is 10.2. The van der Waals surface area contributed by atoms with E-state index in [0.717, 1.165) is 24.2 Å². The van der Waals surface area contributed by atoms with Crippen molar-refractivity contribution < 1.29 is 9.84 Å². The van der Waals surface area contributed by atoms with Crippen molar-refractivity contribution >= 4 is 0 Å². The molecule has 0 bridgehead atoms. The summed E-state index contributed by atoms with van der Waals surface area (Å²) < 4.78 is 5.55. The lowest BCUT2D eigenvalue weighted by Crippen LogP contribution is -2.19. The van der Waals surface area contributed by atoms with Crippen LogP contribution in [0, 0.1) is 5.92 Å². The standard InChI is InChI=1S/C16H21N3O2/c1-12(2)7-17-8-14-9-18-16(19-10-14)21-15-5-3-13(11-20)4-6-15/h3-6,9-10,12,17,20H,7-8,11H2,1-2H3. The van der Waals surface area contributed by atoms with Gasteiger partial charge in [0.25, 0.3) is 0 Å². The van der Waals surface area contributed by atoms with Crippen molar-refractivity contribution in [3.63, 3.8) is 0 Å². The molecule has 0 saturated heterocycles. The third-order valence-electron chi connectivity index (χ3n) is 2.88. The summed E-state index contributed by atoms with van der Waals surface area (Å²) in [5.74, 6) is 1.27. The predicted molar refractivity (Wildman–Crippen MR) is 81.0 cm³/mol. The van der Waals surface area contributed by atoms with Crippen LogP contribution in [0.15, 0.2) is 36.7 Å². The normalized spacial score (nSPS) is 10.9. The van der Waals surface area contributed by atoms with Crippen molar-refractivity contribution in [2.45, 2.75) is 27.0 Å². The lowest BCUT2D eigenvalue weighted by Gasteiger charge is -2.08. The molecule has 0 atom stereocenters. The number of hydrogen-bond donors (Lipinski definition) is 2. The number of benzene rings is 1. The van der Waals surface area contributed by atoms with Gasteiger partial charge in [-0.15, -0.1) is 0 Å². The smallest absolute Gasteiger partial charge is 0.321 e. The van der Waals surface area contributed by atoms with Crippen molar-refractivity contribution in [2.24, 2.45) is 5.92 Å². The Bertz CT molecular complexity index is 538. The number of aliphatic hydroxyl groups is 1. The molecule has 21 heavy (non-hydrogen) atoms. The number of nitrogens with zero attached hydrogens (tertiary/aromatic N) is 2. The van der Waals surface area contributed by atoms with E-state index >= 15 is 0 Å². The SMILES string of the molecule is CC(C)CNCc1cnc(Oc2ccc(CO)cc2)nc1. The van der Waals surface area contributed by atoms with Gasteiger partial charge in [-0.3, -0.25) is 0 Å². The van der Waals surface area contributed by atoms with Crippen LogP contribution in [0.3, 0.4) is 0 Å². The minimum atomic E-state index is 0.0227. The quantitative estimate of drug-likeness (QED) is 0.819. The molecule has 0 aliphatic carbocycles. The van der Waals surface area contributed by atoms with Crippen molar-refractivity contribution in [3.05, 3.63) is 47.8 Å². The van der Waals surface area contributed by atoms with E-state index < -0.39 is 0 Å². The van der Waals surface area contributed by atoms with Gasteiger partial charge in [0.2, 0.25) is 0 Å². The maximum absolute atomic E-state index is 8.98. The number of hydrogen-bond acceptors (Lipinski definition) is 5. The molecule has 0 aliphatic heterocycles. The van der Waals surface area contributed by atoms with Gasteiger partial charge < -0.3 is 15.2 Å². The van der Waals surface area contributed by atoms with Gasteiger partial charge in [-0.1, -0.05) is 26.0 Å². The second-order valence-electron chi connectivity index (χ2n) is 5.30. The number of nitrogens with one attached hydrogen (secondary N) is 1. The highest BCUT2D eigenvalue weighted by Gasteiger charge is 2.02. The highest BCUT2D eigenvalue weighted by molar-refractivity contribution is 5.28. The third kappa shape index (κ3) is 5.13. The average molecular weight is 287 g/mol. The molecule has 2 N–H and O–H groups in total. The second-order valence-corrected chi connectivity index (χ2v) is 5.30. The van der Waals surface area contributed by atoms with Gasteiger partial charge in [0.15, 0.2) is 0 Å². The van der Waals surface area contributed by atoms with Crippen LogP contribution in [0.2, 0.25) is 0 Å². The first-order valence-corrected chi connectivity index (χ1v) is 7.06. The molecule has 1 aromatic heterocycles. The van der Waals surface area contributed by atoms with E-state index in [2.05, 4.69) is 29.1 Å². The summed E-state index contributed by atoms with van der Waals surface area (Å²) in [6, 6.07) is 7.50. The van der Waals surface area contributed by atoms with Gasteiger partial charge in [0.1, 0.15) is 5.75 Å². The van der Waals surface area contributed by atoms with Crippen LogP contribution in [-0.2, 0) is 13.2 Å². The summed E-state index contributed by atoms with van der Waals surface area (Å²) >= 11 is 0. The zero-order valence-corrected chi connectivity index (χ0v) is 12.4. The largest absolute Gasteiger partial charge is 0.424 e. The van der Waals surface area contributed by atoms with Gasteiger partial charge in [-0.05, 0) is 30.2 Å². The van der Waals surface area contributed by atoms with E-state index in [-0.39, 0.29) is 6.61 Å². The fraction of sp³-hybridized carbons (Fsp3) is 0.375. The monoisotopic (exact) mass is 287 g/mol. The summed E-state index contributed by atoms with van der Waals surface area (Å²) in [7, 11) is 0. The van der Waals surface area contributed by atoms with Gasteiger partial charge in [0, 0.05) is 24.5 Å². The van der Waals surface area contributed by atoms with Crippen LogP contribution in [0.4, 0.5) is 0 Å². The molecule has 5 nitrogen and oxygen atoms in total. The van der Waals surface area contributed by atoms with E-state index in [0.29, 0.717) is 17.7 Å². The first-order chi connectivity index (χ1) is 10.2. The highest BCUT2D eigenvalue weighted by Crippen LogP contribution is 2.18. The molecule has 112 valence electrons. The Kier molecular flexibility index (Phi) is 5.66. The molecule has 0 unspecified atom stereocenters. The summed E-state index contributed by atoms with van der Waals surface area (Å²) in [5.41, 5.74) is 1.87. The van der Waals surface area contributed by atoms with Gasteiger partial charge in [-0.25, -0.2) is 9.97 Å². The molecule has 0 radical (unpaired) electrons. The van der Waals surface area contributed by atoms with E-state index in [1.54, 1.807) is 36.7 Å². The number of aromatic nitrogens is 2. The van der Waals surface area contributed by atoms with Crippen LogP contribution < -0.4 is 10.1 Å². The third-order valence-corrected chi connectivity index (χ3v) is 2.88. The van der Waals surface area contributed by atoms with E-state index in [1.165, 1.54) is 0 Å². The van der Waals surface area contributed by atoms with E-state index in [4.69, 9.17) is 9.84 Å². The molecule has 1 heterocycles. The molecular weight excluding hydrogens is 266 g/mol. The molecule has 1 aromatic carbocycles. The van der Waals surface area contributed by atoms with Crippen LogP contribution in [-0.4, -0.2) is 21.6 Å². The van der Waals surface area contributed by atoms with Crippen LogP contribution in [0.25, 0.3) is 0 Å². The topological polar surface area (TPSA) is 67.3 Å². The minimum absolute atomic E-state index is 0.0227. The van der Waals surface area contributed by atoms with Crippen molar-refractivity contribution in [2.75, 3.05) is 6.54 Å². The Morgan fingerprint density at radius 3 is 2.33 bits per heavy atom. The van der Waals surface area contributed by atoms with Crippen LogP contribution in [0.1, 0.15) is 25.0 Å². The Labute approximate surface area is 125 Å². The second kappa shape index (κ2) is 7.71. The maximum Gasteiger partial charge on any atom is 0.321 e. The first kappa shape index (κ1) is 15.4. The molecule has 0 spiro atoms. The molecular formula is C16H21N3O2. The Morgan fingerprint density at radius 1 is 1.10 bits per heavy atom. The van der Waals surface area contributed by atoms with Crippen molar-refractivity contribution in [3.8, 4) is 11.8 Å². The maximum atomic E-state index is 8.98. The molecule has 2 aromatic rings. The van der Waals surface area contributed by atoms with Gasteiger partial charge >= 0.3 is 6.01 Å². The molecule has 0 amide bonds. The molecule has 0 fully saturated rings. The van der Waals surface area contributed by atoms with Crippen molar-refractivity contribution in [1.29, 1.82) is 0 Å². The first-order valence-electron chi connectivity index (χ1n) is 7.06. The summed E-state index contributed by atoms with van der Waals surface area (Å²) in [6.07, 6.45) is 3.52. The van der Waals surface area contributed by atoms with Gasteiger partial charge in [-0.2, -0.15) is 0 Å². The molecule has 0 saturated carbocycles. The van der Waals surface area contributed by atoms with Gasteiger partial charge in [0.05, 0.1) is 6.61 Å². The highest BCUT2D eigenvalue weighted by atomic mass is 16.5. The summed E-state index contributed by atoms with van der Waals surface area (Å²) in [4.78, 5) is 8.38. The summed E-state index contributed by atoms with van der Waals surface area (Å²) in [6.45, 7) is 6.08. The minimum Gasteiger partial charge on any atom is -0.424 e. The summed E-state index contributed by atoms with van der Waals surface area (Å²) in [5, 5.41) is 12.3. The average Bonchev–Trinajstić information content (AvgIpc) is 2.49. The lowest BCUT2D eigenvalue weighted by molar-refractivity contribution is 0.281. The number of rotatable bonds is 7. The fourth-order valence-corrected chi connectivity index (χ4v) is 1.76. The molecule has 0 aliphatic rings. The van der Waals surface area contributed by atoms with Crippen LogP contribution >= 0.6 is 0 Å². The Balaban J connectivity index is 1.89. The number of ether oxygens (including phenoxy) is 1. The Hall–Kier alpha value is -1.98. The van der Waals surface area contributed by atoms with E-state index in [9.17, 15) is 0 Å². The van der Waals surface area contributed by atoms with E-state index in [1.807, 2.05) is 0 Å². The zero-order valence-electron chi connectivity index (χ0n) is 12.4. The van der Waals surface area contributed by atoms with Crippen LogP contribution in [0.5, 0.6) is 11.8 Å². The zero-order chi connectivity index (χ0) is 15.1. The number of aliphatic hydroxyl groups excluding tert-OH is 1. The molecule has 2 rings (SSSR count). The molecule has 5 heteroatoms. The predicted octanol–water partition coefficient (Wildman–Crippen LogP) is 2.51. The van der Waals surface area contributed by atoms with Crippen molar-refractivity contribution in [1.82, 2.24) is 15.3 Å². The Morgan fingerprint density at radius 2 is 1.76 bits per heavy atom.